The second-order valence-electron chi connectivity index (χ2n) is 8.45. The van der Waals surface area contributed by atoms with Gasteiger partial charge < -0.3 is 14.8 Å². The van der Waals surface area contributed by atoms with Crippen molar-refractivity contribution in [1.82, 2.24) is 4.90 Å². The molecule has 164 valence electrons. The van der Waals surface area contributed by atoms with E-state index in [4.69, 9.17) is 9.47 Å². The molecular formula is C25H30N2O4. The Morgan fingerprint density at radius 3 is 2.23 bits per heavy atom. The summed E-state index contributed by atoms with van der Waals surface area (Å²) < 4.78 is 11.0. The first-order valence-electron chi connectivity index (χ1n) is 10.5. The third-order valence-electron chi connectivity index (χ3n) is 4.78. The van der Waals surface area contributed by atoms with Gasteiger partial charge in [-0.3, -0.25) is 14.5 Å². The lowest BCUT2D eigenvalue weighted by molar-refractivity contribution is -0.137. The van der Waals surface area contributed by atoms with Gasteiger partial charge in [-0.15, -0.1) is 0 Å². The maximum absolute atomic E-state index is 13.2. The zero-order valence-electron chi connectivity index (χ0n) is 18.8. The van der Waals surface area contributed by atoms with Crippen LogP contribution in [-0.4, -0.2) is 37.0 Å². The van der Waals surface area contributed by atoms with Crippen molar-refractivity contribution in [2.45, 2.75) is 27.7 Å². The van der Waals surface area contributed by atoms with Gasteiger partial charge in [0.05, 0.1) is 19.3 Å². The van der Waals surface area contributed by atoms with Crippen molar-refractivity contribution in [1.29, 1.82) is 0 Å². The van der Waals surface area contributed by atoms with Crippen molar-refractivity contribution in [2.24, 2.45) is 11.8 Å². The van der Waals surface area contributed by atoms with E-state index in [1.165, 1.54) is 4.90 Å². The van der Waals surface area contributed by atoms with Crippen LogP contribution in [0.5, 0.6) is 11.5 Å². The largest absolute Gasteiger partial charge is 0.497 e. The normalized spacial score (nSPS) is 14.1. The maximum Gasteiger partial charge on any atom is 0.278 e. The van der Waals surface area contributed by atoms with Crippen LogP contribution in [0, 0.1) is 11.8 Å². The van der Waals surface area contributed by atoms with Crippen molar-refractivity contribution < 1.29 is 19.1 Å². The quantitative estimate of drug-likeness (QED) is 0.599. The van der Waals surface area contributed by atoms with Crippen LogP contribution in [0.3, 0.4) is 0 Å². The summed E-state index contributed by atoms with van der Waals surface area (Å²) in [6, 6.07) is 14.6. The van der Waals surface area contributed by atoms with E-state index in [-0.39, 0.29) is 23.4 Å². The Kier molecular flexibility index (Phi) is 7.00. The van der Waals surface area contributed by atoms with Gasteiger partial charge in [0.25, 0.3) is 11.8 Å². The van der Waals surface area contributed by atoms with Gasteiger partial charge >= 0.3 is 0 Å². The first-order valence-corrected chi connectivity index (χ1v) is 10.5. The van der Waals surface area contributed by atoms with Crippen LogP contribution in [0.4, 0.5) is 5.69 Å². The second kappa shape index (κ2) is 9.69. The molecule has 0 atom stereocenters. The van der Waals surface area contributed by atoms with Gasteiger partial charge in [-0.25, -0.2) is 0 Å². The third kappa shape index (κ3) is 5.26. The molecule has 2 amide bonds. The van der Waals surface area contributed by atoms with Gasteiger partial charge in [-0.1, -0.05) is 45.9 Å². The average molecular weight is 423 g/mol. The number of amides is 2. The Balaban J connectivity index is 1.97. The number of carbonyl (C=O) groups excluding carboxylic acids is 2. The second-order valence-corrected chi connectivity index (χ2v) is 8.45. The number of nitrogens with zero attached hydrogens (tertiary/aromatic N) is 1. The Labute approximate surface area is 183 Å². The molecule has 0 radical (unpaired) electrons. The molecule has 3 rings (SSSR count). The Morgan fingerprint density at radius 1 is 0.903 bits per heavy atom. The van der Waals surface area contributed by atoms with Crippen LogP contribution in [0.2, 0.25) is 0 Å². The highest BCUT2D eigenvalue weighted by atomic mass is 16.5. The van der Waals surface area contributed by atoms with E-state index in [1.807, 2.05) is 56.3 Å². The van der Waals surface area contributed by atoms with E-state index in [0.29, 0.717) is 41.6 Å². The van der Waals surface area contributed by atoms with Gasteiger partial charge in [0, 0.05) is 18.3 Å². The molecule has 6 heteroatoms. The van der Waals surface area contributed by atoms with E-state index >= 15 is 0 Å². The van der Waals surface area contributed by atoms with E-state index in [1.54, 1.807) is 13.2 Å². The van der Waals surface area contributed by atoms with Crippen LogP contribution in [-0.2, 0) is 9.59 Å². The number of benzene rings is 2. The topological polar surface area (TPSA) is 67.9 Å². The van der Waals surface area contributed by atoms with E-state index < -0.39 is 0 Å². The fraction of sp³-hybridized carbons (Fsp3) is 0.360. The van der Waals surface area contributed by atoms with E-state index in [0.717, 1.165) is 5.75 Å². The minimum Gasteiger partial charge on any atom is -0.497 e. The molecule has 1 heterocycles. The standard InChI is InChI=1S/C25H30N2O4/c1-16(2)14-27-24(28)22(18-9-11-20(12-10-18)31-15-17(3)4)23(25(27)29)26-19-7-6-8-21(13-19)30-5/h6-13,16-17,26H,14-15H2,1-5H3. The number of hydrogen-bond acceptors (Lipinski definition) is 5. The summed E-state index contributed by atoms with van der Waals surface area (Å²) in [5, 5.41) is 3.16. The SMILES string of the molecule is COc1cccc(NC2=C(c3ccc(OCC(C)C)cc3)C(=O)N(CC(C)C)C2=O)c1. The molecule has 2 aromatic carbocycles. The lowest BCUT2D eigenvalue weighted by atomic mass is 10.0. The molecule has 1 N–H and O–H groups in total. The van der Waals surface area contributed by atoms with Crippen molar-refractivity contribution in [3.63, 3.8) is 0 Å². The highest BCUT2D eigenvalue weighted by molar-refractivity contribution is 6.36. The summed E-state index contributed by atoms with van der Waals surface area (Å²) in [7, 11) is 1.58. The van der Waals surface area contributed by atoms with Crippen LogP contribution in [0.15, 0.2) is 54.2 Å². The van der Waals surface area contributed by atoms with Crippen LogP contribution in [0.25, 0.3) is 5.57 Å². The number of rotatable bonds is 9. The number of anilines is 1. The Bertz CT molecular complexity index is 977. The first-order chi connectivity index (χ1) is 14.8. The summed E-state index contributed by atoms with van der Waals surface area (Å²) in [5.74, 6) is 1.36. The van der Waals surface area contributed by atoms with Crippen molar-refractivity contribution in [2.75, 3.05) is 25.6 Å². The number of carbonyl (C=O) groups is 2. The van der Waals surface area contributed by atoms with Crippen LogP contribution < -0.4 is 14.8 Å². The monoisotopic (exact) mass is 422 g/mol. The van der Waals surface area contributed by atoms with Crippen molar-refractivity contribution >= 4 is 23.1 Å². The zero-order valence-corrected chi connectivity index (χ0v) is 18.8. The molecule has 0 bridgehead atoms. The molecule has 0 spiro atoms. The van der Waals surface area contributed by atoms with Crippen LogP contribution >= 0.6 is 0 Å². The molecule has 31 heavy (non-hydrogen) atoms. The summed E-state index contributed by atoms with van der Waals surface area (Å²) in [6.07, 6.45) is 0. The molecule has 0 aromatic heterocycles. The number of nitrogens with one attached hydrogen (secondary N) is 1. The first kappa shape index (κ1) is 22.4. The Morgan fingerprint density at radius 2 is 1.61 bits per heavy atom. The van der Waals surface area contributed by atoms with Gasteiger partial charge in [0.1, 0.15) is 17.2 Å². The summed E-state index contributed by atoms with van der Waals surface area (Å²) in [6.45, 7) is 9.11. The van der Waals surface area contributed by atoms with Gasteiger partial charge in [0.15, 0.2) is 0 Å². The number of ether oxygens (including phenoxy) is 2. The molecule has 6 nitrogen and oxygen atoms in total. The van der Waals surface area contributed by atoms with Gasteiger partial charge in [-0.05, 0) is 41.7 Å². The Hall–Kier alpha value is -3.28. The van der Waals surface area contributed by atoms with Crippen LogP contribution in [0.1, 0.15) is 33.3 Å². The van der Waals surface area contributed by atoms with E-state index in [2.05, 4.69) is 19.2 Å². The minimum absolute atomic E-state index is 0.164. The van der Waals surface area contributed by atoms with Crippen molar-refractivity contribution in [3.8, 4) is 11.5 Å². The van der Waals surface area contributed by atoms with E-state index in [9.17, 15) is 9.59 Å². The minimum atomic E-state index is -0.323. The number of imide groups is 1. The fourth-order valence-corrected chi connectivity index (χ4v) is 3.32. The maximum atomic E-state index is 13.2. The fourth-order valence-electron chi connectivity index (χ4n) is 3.32. The average Bonchev–Trinajstić information content (AvgIpc) is 2.96. The smallest absolute Gasteiger partial charge is 0.278 e. The molecule has 0 aliphatic carbocycles. The molecule has 0 unspecified atom stereocenters. The molecule has 2 aromatic rings. The molecular weight excluding hydrogens is 392 g/mol. The van der Waals surface area contributed by atoms with Crippen molar-refractivity contribution in [3.05, 3.63) is 59.8 Å². The molecule has 0 saturated carbocycles. The molecule has 1 aliphatic rings. The number of methoxy groups -OCH3 is 1. The summed E-state index contributed by atoms with van der Waals surface area (Å²) in [4.78, 5) is 27.7. The zero-order chi connectivity index (χ0) is 22.5. The third-order valence-corrected chi connectivity index (χ3v) is 4.78. The highest BCUT2D eigenvalue weighted by Gasteiger charge is 2.39. The predicted octanol–water partition coefficient (Wildman–Crippen LogP) is 4.58. The summed E-state index contributed by atoms with van der Waals surface area (Å²) >= 11 is 0. The molecule has 0 saturated heterocycles. The van der Waals surface area contributed by atoms with Gasteiger partial charge in [-0.2, -0.15) is 0 Å². The van der Waals surface area contributed by atoms with Gasteiger partial charge in [0.2, 0.25) is 0 Å². The highest BCUT2D eigenvalue weighted by Crippen LogP contribution is 2.32. The number of hydrogen-bond donors (Lipinski definition) is 1. The lowest BCUT2D eigenvalue weighted by Crippen LogP contribution is -2.35. The molecule has 1 aliphatic heterocycles. The summed E-state index contributed by atoms with van der Waals surface area (Å²) in [5.41, 5.74) is 1.99. The predicted molar refractivity (Wildman–Crippen MR) is 122 cm³/mol. The lowest BCUT2D eigenvalue weighted by Gasteiger charge is -2.17. The molecule has 0 fully saturated rings.